The van der Waals surface area contributed by atoms with E-state index >= 15 is 0 Å². The molecule has 1 amide bonds. The van der Waals surface area contributed by atoms with Crippen molar-refractivity contribution in [3.8, 4) is 11.5 Å². The van der Waals surface area contributed by atoms with Crippen molar-refractivity contribution in [1.82, 2.24) is 5.32 Å². The molecule has 2 aromatic rings. The second-order valence-corrected chi connectivity index (χ2v) is 6.71. The lowest BCUT2D eigenvalue weighted by molar-refractivity contribution is -0.120. The molecule has 0 saturated heterocycles. The Labute approximate surface area is 162 Å². The van der Waals surface area contributed by atoms with Crippen molar-refractivity contribution >= 4 is 34.8 Å². The molecule has 26 heavy (non-hydrogen) atoms. The van der Waals surface area contributed by atoms with Crippen LogP contribution < -0.4 is 20.1 Å². The van der Waals surface area contributed by atoms with E-state index in [1.807, 2.05) is 24.3 Å². The molecule has 0 radical (unpaired) electrons. The van der Waals surface area contributed by atoms with Crippen molar-refractivity contribution in [2.24, 2.45) is 0 Å². The third-order valence-corrected chi connectivity index (χ3v) is 4.54. The number of amides is 1. The van der Waals surface area contributed by atoms with E-state index in [1.54, 1.807) is 12.1 Å². The van der Waals surface area contributed by atoms with E-state index in [9.17, 15) is 4.79 Å². The first-order valence-electron chi connectivity index (χ1n) is 8.46. The summed E-state index contributed by atoms with van der Waals surface area (Å²) in [6.45, 7) is 2.19. The lowest BCUT2D eigenvalue weighted by Gasteiger charge is -2.19. The van der Waals surface area contributed by atoms with Gasteiger partial charge in [-0.1, -0.05) is 29.3 Å². The van der Waals surface area contributed by atoms with Crippen molar-refractivity contribution in [1.29, 1.82) is 0 Å². The summed E-state index contributed by atoms with van der Waals surface area (Å²) in [6.07, 6.45) is 1.04. The Morgan fingerprint density at radius 1 is 1.00 bits per heavy atom. The zero-order valence-electron chi connectivity index (χ0n) is 14.2. The third-order valence-electron chi connectivity index (χ3n) is 3.95. The normalized spacial score (nSPS) is 12.5. The Morgan fingerprint density at radius 2 is 1.81 bits per heavy atom. The molecule has 3 rings (SSSR count). The number of halogens is 2. The van der Waals surface area contributed by atoms with Gasteiger partial charge in [0.25, 0.3) is 0 Å². The summed E-state index contributed by atoms with van der Waals surface area (Å²) in [5, 5.41) is 7.33. The first-order valence-corrected chi connectivity index (χ1v) is 9.21. The van der Waals surface area contributed by atoms with Crippen molar-refractivity contribution in [2.75, 3.05) is 31.6 Å². The Bertz CT molecular complexity index is 783. The van der Waals surface area contributed by atoms with Crippen LogP contribution >= 0.6 is 23.2 Å². The molecule has 7 heteroatoms. The van der Waals surface area contributed by atoms with Gasteiger partial charge in [0, 0.05) is 41.3 Å². The maximum absolute atomic E-state index is 11.9. The van der Waals surface area contributed by atoms with Crippen LogP contribution in [-0.4, -0.2) is 32.2 Å². The average Bonchev–Trinajstić information content (AvgIpc) is 2.63. The van der Waals surface area contributed by atoms with Gasteiger partial charge in [-0.3, -0.25) is 4.79 Å². The standard InChI is InChI=1S/C19H20Cl2N2O3/c20-14-2-1-13(16(21)11-14)5-7-23-19(24)6-8-22-15-3-4-17-18(12-15)26-10-9-25-17/h1-4,11-12,22H,5-10H2,(H,23,24). The fraction of sp³-hybridized carbons (Fsp3) is 0.316. The van der Waals surface area contributed by atoms with Crippen LogP contribution in [0.15, 0.2) is 36.4 Å². The number of anilines is 1. The van der Waals surface area contributed by atoms with Gasteiger partial charge in [0.2, 0.25) is 5.91 Å². The second kappa shape index (κ2) is 9.01. The molecule has 0 spiro atoms. The zero-order valence-corrected chi connectivity index (χ0v) is 15.7. The molecule has 138 valence electrons. The SMILES string of the molecule is O=C(CCNc1ccc2c(c1)OCCO2)NCCc1ccc(Cl)cc1Cl. The van der Waals surface area contributed by atoms with Crippen molar-refractivity contribution in [3.63, 3.8) is 0 Å². The quantitative estimate of drug-likeness (QED) is 0.746. The maximum atomic E-state index is 11.9. The van der Waals surface area contributed by atoms with Crippen LogP contribution in [0.3, 0.4) is 0 Å². The molecule has 0 unspecified atom stereocenters. The van der Waals surface area contributed by atoms with Crippen molar-refractivity contribution < 1.29 is 14.3 Å². The van der Waals surface area contributed by atoms with Crippen LogP contribution in [-0.2, 0) is 11.2 Å². The number of fused-ring (bicyclic) bond motifs is 1. The van der Waals surface area contributed by atoms with E-state index in [-0.39, 0.29) is 5.91 Å². The van der Waals surface area contributed by atoms with Gasteiger partial charge in [-0.2, -0.15) is 0 Å². The van der Waals surface area contributed by atoms with Gasteiger partial charge < -0.3 is 20.1 Å². The summed E-state index contributed by atoms with van der Waals surface area (Å²) in [5.41, 5.74) is 1.86. The first-order chi connectivity index (χ1) is 12.6. The molecule has 1 aliphatic rings. The molecule has 0 fully saturated rings. The third kappa shape index (κ3) is 5.19. The molecule has 0 atom stereocenters. The lowest BCUT2D eigenvalue weighted by Crippen LogP contribution is -2.27. The molecule has 0 saturated carbocycles. The Kier molecular flexibility index (Phi) is 6.47. The second-order valence-electron chi connectivity index (χ2n) is 5.87. The number of rotatable bonds is 7. The summed E-state index contributed by atoms with van der Waals surface area (Å²) in [6, 6.07) is 11.0. The van der Waals surface area contributed by atoms with Gasteiger partial charge >= 0.3 is 0 Å². The highest BCUT2D eigenvalue weighted by atomic mass is 35.5. The van der Waals surface area contributed by atoms with Crippen LogP contribution in [0.1, 0.15) is 12.0 Å². The highest BCUT2D eigenvalue weighted by molar-refractivity contribution is 6.35. The smallest absolute Gasteiger partial charge is 0.221 e. The predicted molar refractivity (Wildman–Crippen MR) is 104 cm³/mol. The summed E-state index contributed by atoms with van der Waals surface area (Å²) in [7, 11) is 0. The van der Waals surface area contributed by atoms with Crippen LogP contribution in [0, 0.1) is 0 Å². The number of hydrogen-bond acceptors (Lipinski definition) is 4. The predicted octanol–water partition coefficient (Wildman–Crippen LogP) is 3.93. The van der Waals surface area contributed by atoms with Gasteiger partial charge in [0.15, 0.2) is 11.5 Å². The minimum Gasteiger partial charge on any atom is -0.486 e. The number of benzene rings is 2. The van der Waals surface area contributed by atoms with E-state index < -0.39 is 0 Å². The minimum atomic E-state index is -0.0138. The monoisotopic (exact) mass is 394 g/mol. The first kappa shape index (κ1) is 18.7. The molecule has 1 aliphatic heterocycles. The number of nitrogens with one attached hydrogen (secondary N) is 2. The Balaban J connectivity index is 1.37. The molecule has 0 bridgehead atoms. The molecule has 0 aromatic heterocycles. The van der Waals surface area contributed by atoms with Crippen molar-refractivity contribution in [2.45, 2.75) is 12.8 Å². The number of carbonyl (C=O) groups is 1. The van der Waals surface area contributed by atoms with Gasteiger partial charge in [-0.25, -0.2) is 0 Å². The Morgan fingerprint density at radius 3 is 2.62 bits per heavy atom. The number of hydrogen-bond donors (Lipinski definition) is 2. The van der Waals surface area contributed by atoms with Crippen LogP contribution in [0.4, 0.5) is 5.69 Å². The van der Waals surface area contributed by atoms with Gasteiger partial charge in [-0.15, -0.1) is 0 Å². The fourth-order valence-corrected chi connectivity index (χ4v) is 3.13. The maximum Gasteiger partial charge on any atom is 0.221 e. The highest BCUT2D eigenvalue weighted by Gasteiger charge is 2.11. The lowest BCUT2D eigenvalue weighted by atomic mass is 10.1. The van der Waals surface area contributed by atoms with E-state index in [0.717, 1.165) is 22.7 Å². The molecule has 5 nitrogen and oxygen atoms in total. The molecule has 2 N–H and O–H groups in total. The minimum absolute atomic E-state index is 0.0138. The van der Waals surface area contributed by atoms with Gasteiger partial charge in [0.05, 0.1) is 0 Å². The summed E-state index contributed by atoms with van der Waals surface area (Å²) in [5.74, 6) is 1.46. The van der Waals surface area contributed by atoms with Gasteiger partial charge in [0.1, 0.15) is 13.2 Å². The van der Waals surface area contributed by atoms with E-state index in [4.69, 9.17) is 32.7 Å². The Hall–Kier alpha value is -2.11. The summed E-state index contributed by atoms with van der Waals surface area (Å²) < 4.78 is 11.0. The topological polar surface area (TPSA) is 59.6 Å². The summed E-state index contributed by atoms with van der Waals surface area (Å²) >= 11 is 12.0. The number of carbonyl (C=O) groups excluding carboxylic acids is 1. The molecule has 2 aromatic carbocycles. The van der Waals surface area contributed by atoms with E-state index in [1.165, 1.54) is 0 Å². The summed E-state index contributed by atoms with van der Waals surface area (Å²) in [4.78, 5) is 11.9. The average molecular weight is 395 g/mol. The number of ether oxygens (including phenoxy) is 2. The van der Waals surface area contributed by atoms with Crippen LogP contribution in [0.25, 0.3) is 0 Å². The van der Waals surface area contributed by atoms with E-state index in [0.29, 0.717) is 49.2 Å². The molecular weight excluding hydrogens is 375 g/mol. The molecule has 0 aliphatic carbocycles. The fourth-order valence-electron chi connectivity index (χ4n) is 2.62. The van der Waals surface area contributed by atoms with Crippen LogP contribution in [0.2, 0.25) is 10.0 Å². The molecular formula is C19H20Cl2N2O3. The zero-order chi connectivity index (χ0) is 18.4. The van der Waals surface area contributed by atoms with Crippen LogP contribution in [0.5, 0.6) is 11.5 Å². The van der Waals surface area contributed by atoms with E-state index in [2.05, 4.69) is 10.6 Å². The van der Waals surface area contributed by atoms with Gasteiger partial charge in [-0.05, 0) is 36.2 Å². The largest absolute Gasteiger partial charge is 0.486 e. The van der Waals surface area contributed by atoms with Crippen molar-refractivity contribution in [3.05, 3.63) is 52.0 Å². The molecule has 1 heterocycles. The highest BCUT2D eigenvalue weighted by Crippen LogP contribution is 2.32.